The van der Waals surface area contributed by atoms with Gasteiger partial charge in [-0.1, -0.05) is 38.1 Å². The molecule has 0 bridgehead atoms. The Morgan fingerprint density at radius 3 is 2.13 bits per heavy atom. The van der Waals surface area contributed by atoms with Crippen LogP contribution in [0.5, 0.6) is 0 Å². The molecule has 0 atom stereocenters. The molecule has 0 aromatic heterocycles. The van der Waals surface area contributed by atoms with Gasteiger partial charge in [-0.25, -0.2) is 0 Å². The van der Waals surface area contributed by atoms with Crippen LogP contribution < -0.4 is 0 Å². The first-order valence-electron chi connectivity index (χ1n) is 5.67. The zero-order valence-electron chi connectivity index (χ0n) is 10.5. The van der Waals surface area contributed by atoms with E-state index >= 15 is 0 Å². The van der Waals surface area contributed by atoms with Gasteiger partial charge in [0.25, 0.3) is 0 Å². The Hall–Kier alpha value is -0.820. The number of likely N-dealkylation sites (N-methyl/N-ethyl adjacent to an activating group) is 1. The van der Waals surface area contributed by atoms with Crippen molar-refractivity contribution in [3.05, 3.63) is 35.4 Å². The summed E-state index contributed by atoms with van der Waals surface area (Å²) in [5, 5.41) is 0. The molecule has 1 aromatic rings. The Morgan fingerprint density at radius 1 is 1.00 bits per heavy atom. The quantitative estimate of drug-likeness (QED) is 0.626. The van der Waals surface area contributed by atoms with Gasteiger partial charge in [0.2, 0.25) is 0 Å². The normalized spacial score (nSPS) is 23.5. The van der Waals surface area contributed by atoms with E-state index in [0.29, 0.717) is 0 Å². The largest absolute Gasteiger partial charge is 0.296 e. The standard InChI is InChI=1S/C14H21N/c1-13(2)10-15(5)14(3,4)12-9-7-6-8-11(12)13/h6-9H,10H2,1-5H3. The highest BCUT2D eigenvalue weighted by Gasteiger charge is 2.39. The lowest BCUT2D eigenvalue weighted by Crippen LogP contribution is -2.51. The lowest BCUT2D eigenvalue weighted by Gasteiger charge is -2.48. The Kier molecular flexibility index (Phi) is 2.20. The SMILES string of the molecule is CN1CC(C)(C)c2ccccc2C1(C)C. The van der Waals surface area contributed by atoms with Crippen LogP contribution in [0.25, 0.3) is 0 Å². The van der Waals surface area contributed by atoms with Gasteiger partial charge >= 0.3 is 0 Å². The van der Waals surface area contributed by atoms with E-state index in [1.807, 2.05) is 0 Å². The van der Waals surface area contributed by atoms with Crippen LogP contribution in [0.4, 0.5) is 0 Å². The summed E-state index contributed by atoms with van der Waals surface area (Å²) in [6, 6.07) is 8.86. The Morgan fingerprint density at radius 2 is 1.53 bits per heavy atom. The van der Waals surface area contributed by atoms with Gasteiger partial charge in [-0.05, 0) is 32.0 Å². The van der Waals surface area contributed by atoms with Crippen LogP contribution in [-0.2, 0) is 11.0 Å². The molecule has 0 spiro atoms. The van der Waals surface area contributed by atoms with Crippen molar-refractivity contribution in [2.24, 2.45) is 0 Å². The molecule has 1 aromatic carbocycles. The van der Waals surface area contributed by atoms with Crippen molar-refractivity contribution in [2.75, 3.05) is 13.6 Å². The van der Waals surface area contributed by atoms with Crippen molar-refractivity contribution >= 4 is 0 Å². The van der Waals surface area contributed by atoms with E-state index in [1.54, 1.807) is 0 Å². The topological polar surface area (TPSA) is 3.24 Å². The van der Waals surface area contributed by atoms with Crippen LogP contribution in [0, 0.1) is 0 Å². The zero-order valence-corrected chi connectivity index (χ0v) is 10.5. The fraction of sp³-hybridized carbons (Fsp3) is 0.571. The summed E-state index contributed by atoms with van der Waals surface area (Å²) in [4.78, 5) is 2.45. The van der Waals surface area contributed by atoms with E-state index in [4.69, 9.17) is 0 Å². The maximum Gasteiger partial charge on any atom is 0.0404 e. The van der Waals surface area contributed by atoms with Gasteiger partial charge in [-0.3, -0.25) is 4.90 Å². The van der Waals surface area contributed by atoms with Gasteiger partial charge in [-0.15, -0.1) is 0 Å². The Balaban J connectivity index is 2.64. The summed E-state index contributed by atoms with van der Waals surface area (Å²) < 4.78 is 0. The average Bonchev–Trinajstić information content (AvgIpc) is 2.15. The number of rotatable bonds is 0. The summed E-state index contributed by atoms with van der Waals surface area (Å²) in [7, 11) is 2.22. The van der Waals surface area contributed by atoms with Gasteiger partial charge in [0.1, 0.15) is 0 Å². The fourth-order valence-corrected chi connectivity index (χ4v) is 2.69. The summed E-state index contributed by atoms with van der Waals surface area (Å²) in [6.07, 6.45) is 0. The first-order valence-corrected chi connectivity index (χ1v) is 5.67. The highest BCUT2D eigenvalue weighted by molar-refractivity contribution is 5.40. The monoisotopic (exact) mass is 203 g/mol. The van der Waals surface area contributed by atoms with Crippen molar-refractivity contribution in [3.8, 4) is 0 Å². The molecule has 0 saturated heterocycles. The molecule has 0 aliphatic carbocycles. The number of hydrogen-bond acceptors (Lipinski definition) is 1. The predicted octanol–water partition coefficient (Wildman–Crippen LogP) is 3.14. The molecule has 1 nitrogen and oxygen atoms in total. The summed E-state index contributed by atoms with van der Waals surface area (Å²) in [5.74, 6) is 0. The summed E-state index contributed by atoms with van der Waals surface area (Å²) >= 11 is 0. The van der Waals surface area contributed by atoms with E-state index in [9.17, 15) is 0 Å². The minimum atomic E-state index is 0.159. The molecule has 1 aliphatic heterocycles. The first-order chi connectivity index (χ1) is 6.86. The molecule has 82 valence electrons. The van der Waals surface area contributed by atoms with Crippen LogP contribution in [0.2, 0.25) is 0 Å². The molecule has 1 heteroatoms. The first kappa shape index (κ1) is 10.7. The van der Waals surface area contributed by atoms with Crippen LogP contribution >= 0.6 is 0 Å². The van der Waals surface area contributed by atoms with Crippen LogP contribution in [0.3, 0.4) is 0 Å². The third-order valence-electron chi connectivity index (χ3n) is 3.90. The van der Waals surface area contributed by atoms with Gasteiger partial charge in [-0.2, -0.15) is 0 Å². The lowest BCUT2D eigenvalue weighted by molar-refractivity contribution is 0.104. The molecule has 1 aliphatic rings. The second-order valence-electron chi connectivity index (χ2n) is 5.84. The molecule has 0 radical (unpaired) electrons. The molecule has 15 heavy (non-hydrogen) atoms. The van der Waals surface area contributed by atoms with Crippen LogP contribution in [0.1, 0.15) is 38.8 Å². The molecule has 0 fully saturated rings. The third-order valence-corrected chi connectivity index (χ3v) is 3.90. The molecule has 2 rings (SSSR count). The molecular formula is C14H21N. The lowest BCUT2D eigenvalue weighted by atomic mass is 9.72. The molecule has 0 N–H and O–H groups in total. The number of hydrogen-bond donors (Lipinski definition) is 0. The van der Waals surface area contributed by atoms with E-state index in [0.717, 1.165) is 6.54 Å². The maximum atomic E-state index is 2.45. The minimum absolute atomic E-state index is 0.159. The zero-order chi connectivity index (χ0) is 11.3. The van der Waals surface area contributed by atoms with E-state index < -0.39 is 0 Å². The number of benzene rings is 1. The van der Waals surface area contributed by atoms with Crippen molar-refractivity contribution in [1.82, 2.24) is 4.90 Å². The highest BCUT2D eigenvalue weighted by Crippen LogP contribution is 2.41. The van der Waals surface area contributed by atoms with Gasteiger partial charge < -0.3 is 0 Å². The van der Waals surface area contributed by atoms with E-state index in [2.05, 4.69) is 63.9 Å². The minimum Gasteiger partial charge on any atom is -0.296 e. The average molecular weight is 203 g/mol. The fourth-order valence-electron chi connectivity index (χ4n) is 2.69. The molecular weight excluding hydrogens is 182 g/mol. The summed E-state index contributed by atoms with van der Waals surface area (Å²) in [5.41, 5.74) is 3.41. The number of nitrogens with zero attached hydrogens (tertiary/aromatic N) is 1. The van der Waals surface area contributed by atoms with Crippen molar-refractivity contribution in [1.29, 1.82) is 0 Å². The molecule has 1 heterocycles. The van der Waals surface area contributed by atoms with Gasteiger partial charge in [0.05, 0.1) is 0 Å². The number of fused-ring (bicyclic) bond motifs is 1. The molecule has 0 unspecified atom stereocenters. The Labute approximate surface area is 93.1 Å². The predicted molar refractivity (Wildman–Crippen MR) is 65.1 cm³/mol. The van der Waals surface area contributed by atoms with Crippen LogP contribution in [0.15, 0.2) is 24.3 Å². The van der Waals surface area contributed by atoms with Gasteiger partial charge in [0.15, 0.2) is 0 Å². The van der Waals surface area contributed by atoms with Crippen molar-refractivity contribution < 1.29 is 0 Å². The molecule has 0 amide bonds. The molecule has 0 saturated carbocycles. The van der Waals surface area contributed by atoms with E-state index in [-0.39, 0.29) is 11.0 Å². The van der Waals surface area contributed by atoms with Gasteiger partial charge in [0, 0.05) is 17.5 Å². The second-order valence-corrected chi connectivity index (χ2v) is 5.84. The third kappa shape index (κ3) is 1.50. The Bertz CT molecular complexity index is 377. The van der Waals surface area contributed by atoms with E-state index in [1.165, 1.54) is 11.1 Å². The summed E-state index contributed by atoms with van der Waals surface area (Å²) in [6.45, 7) is 10.4. The maximum absolute atomic E-state index is 2.45. The highest BCUT2D eigenvalue weighted by atomic mass is 15.2. The van der Waals surface area contributed by atoms with Crippen molar-refractivity contribution in [3.63, 3.8) is 0 Å². The van der Waals surface area contributed by atoms with Crippen LogP contribution in [-0.4, -0.2) is 18.5 Å². The van der Waals surface area contributed by atoms with Crippen molar-refractivity contribution in [2.45, 2.75) is 38.6 Å². The smallest absolute Gasteiger partial charge is 0.0404 e. The second kappa shape index (κ2) is 3.08.